The Kier molecular flexibility index (Phi) is 4.27. The molecule has 0 fully saturated rings. The van der Waals surface area contributed by atoms with Crippen LogP contribution in [0.15, 0.2) is 36.4 Å². The summed E-state index contributed by atoms with van der Waals surface area (Å²) >= 11 is 6.07. The van der Waals surface area contributed by atoms with Crippen molar-refractivity contribution in [1.29, 1.82) is 0 Å². The number of ether oxygens (including phenoxy) is 2. The summed E-state index contributed by atoms with van der Waals surface area (Å²) in [4.78, 5) is 12.1. The van der Waals surface area contributed by atoms with Crippen LogP contribution in [0.5, 0.6) is 5.75 Å². The maximum Gasteiger partial charge on any atom is 0.251 e. The van der Waals surface area contributed by atoms with Crippen molar-refractivity contribution in [3.8, 4) is 5.75 Å². The third-order valence-corrected chi connectivity index (χ3v) is 3.52. The molecular formula is C16H13ClFNO3. The van der Waals surface area contributed by atoms with Gasteiger partial charge in [0.1, 0.15) is 11.6 Å². The molecule has 4 nitrogen and oxygen atoms in total. The lowest BCUT2D eigenvalue weighted by molar-refractivity contribution is -0.0170. The van der Waals surface area contributed by atoms with Crippen LogP contribution in [-0.2, 0) is 17.9 Å². The van der Waals surface area contributed by atoms with Gasteiger partial charge in [-0.25, -0.2) is 4.39 Å². The number of carbonyl (C=O) groups is 1. The first-order valence-electron chi connectivity index (χ1n) is 6.69. The highest BCUT2D eigenvalue weighted by Gasteiger charge is 2.17. The van der Waals surface area contributed by atoms with Crippen LogP contribution in [-0.4, -0.2) is 12.7 Å². The number of hydrogen-bond acceptors (Lipinski definition) is 3. The number of nitrogens with one attached hydrogen (secondary N) is 1. The lowest BCUT2D eigenvalue weighted by Gasteiger charge is -2.21. The average molecular weight is 322 g/mol. The van der Waals surface area contributed by atoms with Gasteiger partial charge in [-0.15, -0.1) is 0 Å². The molecule has 0 bridgehead atoms. The van der Waals surface area contributed by atoms with E-state index in [-0.39, 0.29) is 25.1 Å². The molecule has 2 aromatic carbocycles. The fraction of sp³-hybridized carbons (Fsp3) is 0.188. The molecule has 22 heavy (non-hydrogen) atoms. The highest BCUT2D eigenvalue weighted by atomic mass is 35.5. The molecular weight excluding hydrogens is 309 g/mol. The van der Waals surface area contributed by atoms with Crippen LogP contribution in [0.3, 0.4) is 0 Å². The van der Waals surface area contributed by atoms with Crippen molar-refractivity contribution in [2.75, 3.05) is 6.79 Å². The van der Waals surface area contributed by atoms with Crippen LogP contribution >= 0.6 is 11.6 Å². The second kappa shape index (κ2) is 6.34. The quantitative estimate of drug-likeness (QED) is 0.943. The van der Waals surface area contributed by atoms with Crippen molar-refractivity contribution in [3.05, 3.63) is 63.9 Å². The summed E-state index contributed by atoms with van der Waals surface area (Å²) in [5, 5.41) is 3.33. The average Bonchev–Trinajstić information content (AvgIpc) is 2.52. The maximum atomic E-state index is 12.9. The van der Waals surface area contributed by atoms with Gasteiger partial charge in [0.15, 0.2) is 6.79 Å². The Labute approximate surface area is 131 Å². The van der Waals surface area contributed by atoms with Crippen LogP contribution in [0.4, 0.5) is 4.39 Å². The highest BCUT2D eigenvalue weighted by Crippen LogP contribution is 2.31. The van der Waals surface area contributed by atoms with Crippen molar-refractivity contribution in [1.82, 2.24) is 5.32 Å². The van der Waals surface area contributed by atoms with Gasteiger partial charge in [0, 0.05) is 28.3 Å². The monoisotopic (exact) mass is 321 g/mol. The number of fused-ring (bicyclic) bond motifs is 1. The molecule has 0 aliphatic carbocycles. The molecule has 0 aromatic heterocycles. The predicted molar refractivity (Wildman–Crippen MR) is 79.3 cm³/mol. The van der Waals surface area contributed by atoms with Crippen LogP contribution in [0.2, 0.25) is 5.02 Å². The molecule has 6 heteroatoms. The molecule has 1 aliphatic heterocycles. The molecule has 0 saturated heterocycles. The third kappa shape index (κ3) is 3.21. The molecule has 1 heterocycles. The minimum Gasteiger partial charge on any atom is -0.467 e. The molecule has 0 spiro atoms. The Morgan fingerprint density at radius 2 is 2.05 bits per heavy atom. The van der Waals surface area contributed by atoms with E-state index < -0.39 is 0 Å². The normalized spacial score (nSPS) is 13.2. The summed E-state index contributed by atoms with van der Waals surface area (Å²) in [6.07, 6.45) is 0. The maximum absolute atomic E-state index is 12.9. The zero-order valence-electron chi connectivity index (χ0n) is 11.6. The Balaban J connectivity index is 1.75. The Hall–Kier alpha value is -2.11. The predicted octanol–water partition coefficient (Wildman–Crippen LogP) is 3.28. The van der Waals surface area contributed by atoms with Crippen LogP contribution in [0.1, 0.15) is 21.5 Å². The van der Waals surface area contributed by atoms with Crippen molar-refractivity contribution in [2.24, 2.45) is 0 Å². The lowest BCUT2D eigenvalue weighted by Crippen LogP contribution is -2.24. The van der Waals surface area contributed by atoms with Crippen LogP contribution in [0, 0.1) is 5.82 Å². The number of carbonyl (C=O) groups excluding carboxylic acids is 1. The third-order valence-electron chi connectivity index (χ3n) is 3.30. The Bertz CT molecular complexity index is 703. The van der Waals surface area contributed by atoms with E-state index in [4.69, 9.17) is 21.1 Å². The summed E-state index contributed by atoms with van der Waals surface area (Å²) < 4.78 is 23.5. The van der Waals surface area contributed by atoms with Crippen molar-refractivity contribution < 1.29 is 18.7 Å². The second-order valence-corrected chi connectivity index (χ2v) is 5.29. The van der Waals surface area contributed by atoms with Gasteiger partial charge >= 0.3 is 0 Å². The van der Waals surface area contributed by atoms with Crippen LogP contribution in [0.25, 0.3) is 0 Å². The summed E-state index contributed by atoms with van der Waals surface area (Å²) in [6.45, 7) is 0.863. The van der Waals surface area contributed by atoms with E-state index in [0.29, 0.717) is 22.9 Å². The van der Waals surface area contributed by atoms with Crippen molar-refractivity contribution in [3.63, 3.8) is 0 Å². The zero-order valence-corrected chi connectivity index (χ0v) is 12.3. The molecule has 0 radical (unpaired) electrons. The SMILES string of the molecule is O=C(NCc1cc(Cl)cc2c1OCOC2)c1ccc(F)cc1. The van der Waals surface area contributed by atoms with Gasteiger partial charge < -0.3 is 14.8 Å². The largest absolute Gasteiger partial charge is 0.467 e. The zero-order chi connectivity index (χ0) is 15.5. The first kappa shape index (κ1) is 14.8. The van der Waals surface area contributed by atoms with E-state index in [2.05, 4.69) is 5.32 Å². The summed E-state index contributed by atoms with van der Waals surface area (Å²) in [6, 6.07) is 8.89. The van der Waals surface area contributed by atoms with Crippen molar-refractivity contribution >= 4 is 17.5 Å². The van der Waals surface area contributed by atoms with Crippen molar-refractivity contribution in [2.45, 2.75) is 13.2 Å². The van der Waals surface area contributed by atoms with E-state index in [9.17, 15) is 9.18 Å². The molecule has 1 aliphatic rings. The summed E-state index contributed by atoms with van der Waals surface area (Å²) in [5.74, 6) is 0.0182. The topological polar surface area (TPSA) is 47.6 Å². The summed E-state index contributed by atoms with van der Waals surface area (Å²) in [5.41, 5.74) is 2.02. The van der Waals surface area contributed by atoms with Crippen LogP contribution < -0.4 is 10.1 Å². The number of hydrogen-bond donors (Lipinski definition) is 1. The smallest absolute Gasteiger partial charge is 0.251 e. The van der Waals surface area contributed by atoms with Gasteiger partial charge in [-0.2, -0.15) is 0 Å². The van der Waals surface area contributed by atoms with E-state index >= 15 is 0 Å². The fourth-order valence-corrected chi connectivity index (χ4v) is 2.53. The Morgan fingerprint density at radius 3 is 2.82 bits per heavy atom. The molecule has 1 N–H and O–H groups in total. The standard InChI is InChI=1S/C16H13ClFNO3/c17-13-5-11(15-12(6-13)8-21-9-22-15)7-19-16(20)10-1-3-14(18)4-2-10/h1-6H,7-9H2,(H,19,20). The molecule has 0 saturated carbocycles. The van der Waals surface area contributed by atoms with Gasteiger partial charge in [-0.05, 0) is 36.4 Å². The number of amides is 1. The minimum absolute atomic E-state index is 0.174. The van der Waals surface area contributed by atoms with Gasteiger partial charge in [0.05, 0.1) is 6.61 Å². The number of benzene rings is 2. The number of halogens is 2. The fourth-order valence-electron chi connectivity index (χ4n) is 2.27. The molecule has 3 rings (SSSR count). The van der Waals surface area contributed by atoms with Gasteiger partial charge in [-0.3, -0.25) is 4.79 Å². The van der Waals surface area contributed by atoms with E-state index in [0.717, 1.165) is 11.1 Å². The Morgan fingerprint density at radius 1 is 1.27 bits per heavy atom. The van der Waals surface area contributed by atoms with Gasteiger partial charge in [0.25, 0.3) is 5.91 Å². The molecule has 0 atom stereocenters. The van der Waals surface area contributed by atoms with E-state index in [1.165, 1.54) is 24.3 Å². The molecule has 2 aromatic rings. The summed E-state index contributed by atoms with van der Waals surface area (Å²) in [7, 11) is 0. The molecule has 0 unspecified atom stereocenters. The molecule has 114 valence electrons. The highest BCUT2D eigenvalue weighted by molar-refractivity contribution is 6.30. The lowest BCUT2D eigenvalue weighted by atomic mass is 10.1. The molecule has 1 amide bonds. The van der Waals surface area contributed by atoms with Gasteiger partial charge in [-0.1, -0.05) is 11.6 Å². The number of rotatable bonds is 3. The first-order valence-corrected chi connectivity index (χ1v) is 7.07. The second-order valence-electron chi connectivity index (χ2n) is 4.85. The minimum atomic E-state index is -0.381. The first-order chi connectivity index (χ1) is 10.6. The van der Waals surface area contributed by atoms with E-state index in [1.807, 2.05) is 0 Å². The van der Waals surface area contributed by atoms with E-state index in [1.54, 1.807) is 12.1 Å². The van der Waals surface area contributed by atoms with Gasteiger partial charge in [0.2, 0.25) is 0 Å².